The van der Waals surface area contributed by atoms with Crippen molar-refractivity contribution in [2.24, 2.45) is 0 Å². The molecule has 0 saturated carbocycles. The number of hydrogen-bond acceptors (Lipinski definition) is 5. The van der Waals surface area contributed by atoms with E-state index in [0.29, 0.717) is 24.3 Å². The number of aromatic nitrogens is 1. The number of hydrogen-bond donors (Lipinski definition) is 0. The zero-order valence-corrected chi connectivity index (χ0v) is 14.6. The maximum Gasteiger partial charge on any atom is 0.344 e. The molecule has 2 aromatic carbocycles. The van der Waals surface area contributed by atoms with Crippen LogP contribution in [-0.2, 0) is 16.1 Å². The van der Waals surface area contributed by atoms with Gasteiger partial charge in [-0.15, -0.1) is 0 Å². The molecule has 1 aromatic heterocycles. The van der Waals surface area contributed by atoms with E-state index in [1.54, 1.807) is 30.5 Å². The Balaban J connectivity index is 1.62. The van der Waals surface area contributed by atoms with Crippen LogP contribution in [0.25, 0.3) is 10.9 Å². The second-order valence-electron chi connectivity index (χ2n) is 5.85. The molecule has 0 aliphatic carbocycles. The molecule has 0 unspecified atom stereocenters. The monoisotopic (exact) mass is 362 g/mol. The highest BCUT2D eigenvalue weighted by Crippen LogP contribution is 2.22. The number of nitrogens with zero attached hydrogens (tertiary/aromatic N) is 2. The van der Waals surface area contributed by atoms with Crippen LogP contribution in [0.4, 0.5) is 0 Å². The molecular formula is C21H18N2O4. The molecular weight excluding hydrogens is 344 g/mol. The first-order valence-electron chi connectivity index (χ1n) is 8.50. The minimum Gasteiger partial charge on any atom is -0.482 e. The molecule has 0 spiro atoms. The largest absolute Gasteiger partial charge is 0.482 e. The molecule has 0 atom stereocenters. The van der Waals surface area contributed by atoms with E-state index in [9.17, 15) is 9.59 Å². The van der Waals surface area contributed by atoms with Crippen molar-refractivity contribution in [2.45, 2.75) is 13.0 Å². The maximum absolute atomic E-state index is 12.5. The van der Waals surface area contributed by atoms with Crippen molar-refractivity contribution < 1.29 is 19.1 Å². The van der Waals surface area contributed by atoms with Gasteiger partial charge in [-0.1, -0.05) is 36.4 Å². The van der Waals surface area contributed by atoms with E-state index < -0.39 is 5.97 Å². The van der Waals surface area contributed by atoms with E-state index in [0.717, 1.165) is 10.9 Å². The van der Waals surface area contributed by atoms with E-state index >= 15 is 0 Å². The van der Waals surface area contributed by atoms with Gasteiger partial charge in [-0.2, -0.15) is 5.26 Å². The fourth-order valence-corrected chi connectivity index (χ4v) is 2.75. The number of Topliss-reactive ketones (excluding diaryl/α,β-unsaturated/α-hetero) is 1. The Labute approximate surface area is 156 Å². The summed E-state index contributed by atoms with van der Waals surface area (Å²) in [4.78, 5) is 24.3. The van der Waals surface area contributed by atoms with E-state index in [2.05, 4.69) is 6.07 Å². The van der Waals surface area contributed by atoms with E-state index in [1.165, 1.54) is 0 Å². The van der Waals surface area contributed by atoms with E-state index in [4.69, 9.17) is 14.7 Å². The summed E-state index contributed by atoms with van der Waals surface area (Å²) in [6, 6.07) is 18.4. The lowest BCUT2D eigenvalue weighted by Crippen LogP contribution is -2.19. The molecule has 0 bridgehead atoms. The van der Waals surface area contributed by atoms with Crippen LogP contribution in [-0.4, -0.2) is 29.5 Å². The zero-order chi connectivity index (χ0) is 19.1. The van der Waals surface area contributed by atoms with E-state index in [-0.39, 0.29) is 19.0 Å². The Kier molecular flexibility index (Phi) is 5.85. The summed E-state index contributed by atoms with van der Waals surface area (Å²) in [7, 11) is 0. The van der Waals surface area contributed by atoms with E-state index in [1.807, 2.05) is 34.9 Å². The number of ketones is 1. The van der Waals surface area contributed by atoms with Gasteiger partial charge in [0.15, 0.2) is 13.2 Å². The quantitative estimate of drug-likeness (QED) is 0.453. The fourth-order valence-electron chi connectivity index (χ4n) is 2.75. The standard InChI is InChI=1S/C21H18N2O4/c22-11-6-12-23-13-18(17-9-4-5-10-19(17)23)20(24)14-27-21(25)15-26-16-7-2-1-3-8-16/h1-5,7-10,13H,6,12,14-15H2. The molecule has 3 aromatic rings. The Morgan fingerprint density at radius 1 is 1.00 bits per heavy atom. The first-order chi connectivity index (χ1) is 13.2. The lowest BCUT2D eigenvalue weighted by molar-refractivity contribution is -0.144. The molecule has 0 amide bonds. The van der Waals surface area contributed by atoms with Crippen LogP contribution in [0.1, 0.15) is 16.8 Å². The van der Waals surface area contributed by atoms with Crippen molar-refractivity contribution in [1.82, 2.24) is 4.57 Å². The maximum atomic E-state index is 12.5. The number of carbonyl (C=O) groups excluding carboxylic acids is 2. The van der Waals surface area contributed by atoms with Crippen molar-refractivity contribution in [3.8, 4) is 11.8 Å². The Morgan fingerprint density at radius 3 is 2.52 bits per heavy atom. The second-order valence-corrected chi connectivity index (χ2v) is 5.85. The number of aryl methyl sites for hydroxylation is 1. The van der Waals surface area contributed by atoms with Crippen LogP contribution in [0.3, 0.4) is 0 Å². The van der Waals surface area contributed by atoms with Gasteiger partial charge in [0, 0.05) is 29.2 Å². The fraction of sp³-hybridized carbons (Fsp3) is 0.190. The minimum atomic E-state index is -0.611. The molecule has 0 fully saturated rings. The third-order valence-electron chi connectivity index (χ3n) is 4.02. The number of carbonyl (C=O) groups is 2. The minimum absolute atomic E-state index is 0.263. The van der Waals surface area contributed by atoms with Gasteiger partial charge in [0.05, 0.1) is 12.5 Å². The molecule has 1 heterocycles. The van der Waals surface area contributed by atoms with Crippen molar-refractivity contribution in [1.29, 1.82) is 5.26 Å². The Bertz CT molecular complexity index is 986. The highest BCUT2D eigenvalue weighted by atomic mass is 16.6. The van der Waals surface area contributed by atoms with Gasteiger partial charge in [-0.25, -0.2) is 4.79 Å². The van der Waals surface area contributed by atoms with Crippen LogP contribution in [0.15, 0.2) is 60.8 Å². The molecule has 0 aliphatic heterocycles. The number of para-hydroxylation sites is 2. The van der Waals surface area contributed by atoms with Gasteiger partial charge in [0.1, 0.15) is 5.75 Å². The summed E-state index contributed by atoms with van der Waals surface area (Å²) in [6.07, 6.45) is 2.05. The molecule has 6 nitrogen and oxygen atoms in total. The third kappa shape index (κ3) is 4.53. The number of rotatable bonds is 8. The zero-order valence-electron chi connectivity index (χ0n) is 14.6. The molecule has 3 rings (SSSR count). The van der Waals surface area contributed by atoms with Gasteiger partial charge in [-0.05, 0) is 18.2 Å². The van der Waals surface area contributed by atoms with Crippen molar-refractivity contribution in [3.05, 3.63) is 66.4 Å². The molecule has 0 aliphatic rings. The normalized spacial score (nSPS) is 10.3. The van der Waals surface area contributed by atoms with Crippen molar-refractivity contribution in [2.75, 3.05) is 13.2 Å². The number of benzene rings is 2. The molecule has 0 radical (unpaired) electrons. The molecule has 0 N–H and O–H groups in total. The van der Waals surface area contributed by atoms with Crippen LogP contribution < -0.4 is 4.74 Å². The highest BCUT2D eigenvalue weighted by molar-refractivity contribution is 6.09. The molecule has 0 saturated heterocycles. The summed E-state index contributed by atoms with van der Waals surface area (Å²) in [5.41, 5.74) is 1.34. The van der Waals surface area contributed by atoms with Crippen LogP contribution in [0.2, 0.25) is 0 Å². The van der Waals surface area contributed by atoms with Gasteiger partial charge in [0.25, 0.3) is 0 Å². The Hall–Kier alpha value is -3.59. The molecule has 136 valence electrons. The first-order valence-corrected chi connectivity index (χ1v) is 8.50. The number of esters is 1. The SMILES string of the molecule is N#CCCn1cc(C(=O)COC(=O)COc2ccccc2)c2ccccc21. The summed E-state index contributed by atoms with van der Waals surface area (Å²) in [6.45, 7) is -0.126. The lowest BCUT2D eigenvalue weighted by atomic mass is 10.1. The summed E-state index contributed by atoms with van der Waals surface area (Å²) >= 11 is 0. The average Bonchev–Trinajstić information content (AvgIpc) is 3.08. The number of ether oxygens (including phenoxy) is 2. The average molecular weight is 362 g/mol. The third-order valence-corrected chi connectivity index (χ3v) is 4.02. The molecule has 27 heavy (non-hydrogen) atoms. The van der Waals surface area contributed by atoms with Gasteiger partial charge in [-0.3, -0.25) is 4.79 Å². The predicted octanol–water partition coefficient (Wildman–Crippen LogP) is 3.36. The summed E-state index contributed by atoms with van der Waals surface area (Å²) in [5.74, 6) is -0.350. The topological polar surface area (TPSA) is 81.3 Å². The van der Waals surface area contributed by atoms with Crippen LogP contribution >= 0.6 is 0 Å². The number of nitriles is 1. The smallest absolute Gasteiger partial charge is 0.344 e. The summed E-state index contributed by atoms with van der Waals surface area (Å²) in [5, 5.41) is 9.57. The second kappa shape index (κ2) is 8.68. The predicted molar refractivity (Wildman–Crippen MR) is 99.4 cm³/mol. The molecule has 6 heteroatoms. The van der Waals surface area contributed by atoms with Crippen LogP contribution in [0.5, 0.6) is 5.75 Å². The van der Waals surface area contributed by atoms with Gasteiger partial charge in [0.2, 0.25) is 5.78 Å². The summed E-state index contributed by atoms with van der Waals surface area (Å²) < 4.78 is 12.2. The lowest BCUT2D eigenvalue weighted by Gasteiger charge is -2.06. The number of fused-ring (bicyclic) bond motifs is 1. The first kappa shape index (κ1) is 18.2. The van der Waals surface area contributed by atoms with Crippen molar-refractivity contribution in [3.63, 3.8) is 0 Å². The van der Waals surface area contributed by atoms with Gasteiger partial charge >= 0.3 is 5.97 Å². The van der Waals surface area contributed by atoms with Gasteiger partial charge < -0.3 is 14.0 Å². The highest BCUT2D eigenvalue weighted by Gasteiger charge is 2.16. The Morgan fingerprint density at radius 2 is 1.74 bits per heavy atom. The van der Waals surface area contributed by atoms with Crippen molar-refractivity contribution >= 4 is 22.7 Å². The van der Waals surface area contributed by atoms with Crippen LogP contribution in [0, 0.1) is 11.3 Å².